The minimum atomic E-state index is -0.660. The van der Waals surface area contributed by atoms with Crippen molar-refractivity contribution in [2.45, 2.75) is 51.4 Å². The second-order valence-electron chi connectivity index (χ2n) is 7.37. The topological polar surface area (TPSA) is 57.6 Å². The zero-order valence-electron chi connectivity index (χ0n) is 13.3. The molecule has 1 N–H and O–H groups in total. The number of fused-ring (bicyclic) bond motifs is 1. The summed E-state index contributed by atoms with van der Waals surface area (Å²) in [7, 11) is 0. The van der Waals surface area contributed by atoms with Crippen molar-refractivity contribution in [2.24, 2.45) is 11.3 Å². The average Bonchev–Trinajstić information content (AvgIpc) is 3.18. The molecule has 4 rings (SSSR count). The lowest BCUT2D eigenvalue weighted by Crippen LogP contribution is -2.39. The van der Waals surface area contributed by atoms with Crippen LogP contribution < -0.4 is 0 Å². The fraction of sp³-hybridized carbons (Fsp3) is 0.667. The molecule has 1 aromatic rings. The summed E-state index contributed by atoms with van der Waals surface area (Å²) in [6.07, 6.45) is 8.51. The number of amides is 1. The van der Waals surface area contributed by atoms with E-state index < -0.39 is 5.97 Å². The minimum absolute atomic E-state index is 0.00474. The van der Waals surface area contributed by atoms with E-state index in [9.17, 15) is 9.59 Å². The van der Waals surface area contributed by atoms with Crippen LogP contribution in [0.2, 0.25) is 0 Å². The molecule has 23 heavy (non-hydrogen) atoms. The highest BCUT2D eigenvalue weighted by atomic mass is 32.1. The first-order chi connectivity index (χ1) is 11.1. The van der Waals surface area contributed by atoms with Crippen LogP contribution in [-0.2, 0) is 17.6 Å². The van der Waals surface area contributed by atoms with Crippen LogP contribution in [0.4, 0.5) is 0 Å². The van der Waals surface area contributed by atoms with Crippen LogP contribution >= 0.6 is 11.3 Å². The minimum Gasteiger partial charge on any atom is -0.481 e. The normalized spacial score (nSPS) is 25.7. The average molecular weight is 333 g/mol. The maximum absolute atomic E-state index is 12.8. The van der Waals surface area contributed by atoms with Gasteiger partial charge in [-0.15, -0.1) is 11.3 Å². The molecule has 2 aliphatic carbocycles. The van der Waals surface area contributed by atoms with Gasteiger partial charge >= 0.3 is 5.97 Å². The Balaban J connectivity index is 1.42. The highest BCUT2D eigenvalue weighted by Crippen LogP contribution is 2.59. The van der Waals surface area contributed by atoms with Crippen molar-refractivity contribution in [1.29, 1.82) is 0 Å². The number of carboxylic acid groups (broad SMARTS) is 1. The van der Waals surface area contributed by atoms with Crippen molar-refractivity contribution >= 4 is 23.2 Å². The molecule has 0 bridgehead atoms. The third kappa shape index (κ3) is 2.69. The number of aliphatic carboxylic acids is 1. The lowest BCUT2D eigenvalue weighted by Gasteiger charge is -2.32. The highest BCUT2D eigenvalue weighted by Gasteiger charge is 2.59. The van der Waals surface area contributed by atoms with Gasteiger partial charge < -0.3 is 10.0 Å². The number of carboxylic acids is 1. The van der Waals surface area contributed by atoms with Gasteiger partial charge in [-0.25, -0.2) is 0 Å². The standard InChI is InChI=1S/C18H23NO3S/c20-16(15-10-12-4-2-1-3-5-14(12)23-15)19-8-6-18(7-9-19)11-13(18)17(21)22/h10,13H,1-9,11H2,(H,21,22). The van der Waals surface area contributed by atoms with E-state index in [1.807, 2.05) is 4.90 Å². The predicted octanol–water partition coefficient (Wildman–Crippen LogP) is 3.34. The molecule has 1 saturated carbocycles. The highest BCUT2D eigenvalue weighted by molar-refractivity contribution is 7.14. The Kier molecular flexibility index (Phi) is 3.71. The largest absolute Gasteiger partial charge is 0.481 e. The van der Waals surface area contributed by atoms with Gasteiger partial charge in [-0.05, 0) is 62.0 Å². The summed E-state index contributed by atoms with van der Waals surface area (Å²) >= 11 is 1.69. The van der Waals surface area contributed by atoms with Gasteiger partial charge in [0.15, 0.2) is 0 Å². The van der Waals surface area contributed by atoms with Gasteiger partial charge in [0.2, 0.25) is 0 Å². The van der Waals surface area contributed by atoms with Gasteiger partial charge in [-0.3, -0.25) is 9.59 Å². The maximum Gasteiger partial charge on any atom is 0.307 e. The van der Waals surface area contributed by atoms with Crippen LogP contribution in [-0.4, -0.2) is 35.0 Å². The molecule has 2 heterocycles. The van der Waals surface area contributed by atoms with Crippen molar-refractivity contribution in [2.75, 3.05) is 13.1 Å². The SMILES string of the molecule is O=C(O)C1CC12CCN(C(=O)c1cc3c(s1)CCCCC3)CC2. The van der Waals surface area contributed by atoms with Crippen LogP contribution in [0.3, 0.4) is 0 Å². The Morgan fingerprint density at radius 1 is 1.17 bits per heavy atom. The lowest BCUT2D eigenvalue weighted by molar-refractivity contribution is -0.139. The molecule has 1 aromatic heterocycles. The summed E-state index contributed by atoms with van der Waals surface area (Å²) in [6.45, 7) is 1.43. The number of carbonyl (C=O) groups excluding carboxylic acids is 1. The number of rotatable bonds is 2. The van der Waals surface area contributed by atoms with Crippen molar-refractivity contribution in [3.8, 4) is 0 Å². The molecular formula is C18H23NO3S. The number of hydrogen-bond acceptors (Lipinski definition) is 3. The van der Waals surface area contributed by atoms with Crippen LogP contribution in [0, 0.1) is 11.3 Å². The molecule has 0 radical (unpaired) electrons. The van der Waals surface area contributed by atoms with Crippen LogP contribution in [0.1, 0.15) is 58.6 Å². The third-order valence-corrected chi connectivity index (χ3v) is 7.22. The smallest absolute Gasteiger partial charge is 0.307 e. The van der Waals surface area contributed by atoms with E-state index >= 15 is 0 Å². The van der Waals surface area contributed by atoms with Crippen molar-refractivity contribution in [3.63, 3.8) is 0 Å². The third-order valence-electron chi connectivity index (χ3n) is 5.99. The van der Waals surface area contributed by atoms with E-state index in [2.05, 4.69) is 6.07 Å². The molecule has 124 valence electrons. The van der Waals surface area contributed by atoms with Crippen LogP contribution in [0.15, 0.2) is 6.07 Å². The van der Waals surface area contributed by atoms with Crippen molar-refractivity contribution < 1.29 is 14.7 Å². The molecule has 5 heteroatoms. The fourth-order valence-corrected chi connectivity index (χ4v) is 5.55. The summed E-state index contributed by atoms with van der Waals surface area (Å²) in [5.74, 6) is -0.672. The van der Waals surface area contributed by atoms with Gasteiger partial charge in [0.1, 0.15) is 0 Å². The Morgan fingerprint density at radius 2 is 1.91 bits per heavy atom. The number of piperidine rings is 1. The van der Waals surface area contributed by atoms with Gasteiger partial charge in [0.05, 0.1) is 10.8 Å². The van der Waals surface area contributed by atoms with E-state index in [-0.39, 0.29) is 17.2 Å². The summed E-state index contributed by atoms with van der Waals surface area (Å²) in [4.78, 5) is 28.1. The Bertz CT molecular complexity index is 619. The van der Waals surface area contributed by atoms with Gasteiger partial charge in [-0.1, -0.05) is 6.42 Å². The molecule has 2 fully saturated rings. The van der Waals surface area contributed by atoms with E-state index in [4.69, 9.17) is 5.11 Å². The molecule has 1 unspecified atom stereocenters. The molecule has 1 spiro atoms. The molecule has 4 nitrogen and oxygen atoms in total. The van der Waals surface area contributed by atoms with E-state index in [1.54, 1.807) is 11.3 Å². The first kappa shape index (κ1) is 15.2. The van der Waals surface area contributed by atoms with Gasteiger partial charge in [0, 0.05) is 18.0 Å². The molecule has 3 aliphatic rings. The first-order valence-corrected chi connectivity index (χ1v) is 9.54. The number of likely N-dealkylation sites (tertiary alicyclic amines) is 1. The Labute approximate surface area is 140 Å². The monoisotopic (exact) mass is 333 g/mol. The zero-order valence-corrected chi connectivity index (χ0v) is 14.2. The summed E-state index contributed by atoms with van der Waals surface area (Å²) in [5, 5.41) is 9.16. The quantitative estimate of drug-likeness (QED) is 0.845. The maximum atomic E-state index is 12.8. The van der Waals surface area contributed by atoms with E-state index in [0.717, 1.165) is 37.0 Å². The first-order valence-electron chi connectivity index (χ1n) is 8.73. The van der Waals surface area contributed by atoms with Crippen molar-refractivity contribution in [1.82, 2.24) is 4.90 Å². The number of hydrogen-bond donors (Lipinski definition) is 1. The number of aryl methyl sites for hydroxylation is 2. The van der Waals surface area contributed by atoms with E-state index in [1.165, 1.54) is 29.7 Å². The number of carbonyl (C=O) groups is 2. The van der Waals surface area contributed by atoms with Crippen LogP contribution in [0.25, 0.3) is 0 Å². The Morgan fingerprint density at radius 3 is 2.61 bits per heavy atom. The number of nitrogens with zero attached hydrogens (tertiary/aromatic N) is 1. The van der Waals surface area contributed by atoms with E-state index in [0.29, 0.717) is 13.1 Å². The fourth-order valence-electron chi connectivity index (χ4n) is 4.33. The molecule has 1 atom stereocenters. The zero-order chi connectivity index (χ0) is 16.0. The molecule has 1 amide bonds. The second kappa shape index (κ2) is 5.62. The Hall–Kier alpha value is -1.36. The van der Waals surface area contributed by atoms with Crippen molar-refractivity contribution in [3.05, 3.63) is 21.4 Å². The second-order valence-corrected chi connectivity index (χ2v) is 8.51. The molecule has 1 saturated heterocycles. The summed E-state index contributed by atoms with van der Waals surface area (Å²) in [5.41, 5.74) is 1.38. The number of thiophene rings is 1. The van der Waals surface area contributed by atoms with Gasteiger partial charge in [-0.2, -0.15) is 0 Å². The molecule has 1 aliphatic heterocycles. The predicted molar refractivity (Wildman–Crippen MR) is 88.9 cm³/mol. The van der Waals surface area contributed by atoms with Gasteiger partial charge in [0.25, 0.3) is 5.91 Å². The lowest BCUT2D eigenvalue weighted by atomic mass is 9.90. The molecular weight excluding hydrogens is 310 g/mol. The summed E-state index contributed by atoms with van der Waals surface area (Å²) < 4.78 is 0. The van der Waals surface area contributed by atoms with Crippen LogP contribution in [0.5, 0.6) is 0 Å². The molecule has 0 aromatic carbocycles. The summed E-state index contributed by atoms with van der Waals surface area (Å²) in [6, 6.07) is 2.12.